The summed E-state index contributed by atoms with van der Waals surface area (Å²) in [6, 6.07) is 0.0849. The lowest BCUT2D eigenvalue weighted by atomic mass is 9.85. The van der Waals surface area contributed by atoms with E-state index < -0.39 is 5.60 Å². The second-order valence-corrected chi connectivity index (χ2v) is 6.82. The van der Waals surface area contributed by atoms with Crippen molar-refractivity contribution in [1.82, 2.24) is 10.6 Å². The second kappa shape index (κ2) is 6.76. The van der Waals surface area contributed by atoms with Gasteiger partial charge < -0.3 is 20.1 Å². The molecule has 2 aliphatic heterocycles. The van der Waals surface area contributed by atoms with Gasteiger partial charge in [-0.25, -0.2) is 4.79 Å². The Morgan fingerprint density at radius 1 is 1.25 bits per heavy atom. The van der Waals surface area contributed by atoms with Crippen LogP contribution in [-0.2, 0) is 9.47 Å². The molecule has 20 heavy (non-hydrogen) atoms. The maximum atomic E-state index is 12.0. The van der Waals surface area contributed by atoms with Crippen molar-refractivity contribution in [2.75, 3.05) is 19.7 Å². The largest absolute Gasteiger partial charge is 0.444 e. The lowest BCUT2D eigenvalue weighted by Gasteiger charge is -2.39. The Morgan fingerprint density at radius 3 is 2.60 bits per heavy atom. The topological polar surface area (TPSA) is 59.6 Å². The van der Waals surface area contributed by atoms with Crippen LogP contribution in [0.1, 0.15) is 46.5 Å². The number of carbonyl (C=O) groups is 1. The fraction of sp³-hybridized carbons (Fsp3) is 0.933. The van der Waals surface area contributed by atoms with Crippen LogP contribution in [0.25, 0.3) is 0 Å². The predicted molar refractivity (Wildman–Crippen MR) is 77.7 cm³/mol. The monoisotopic (exact) mass is 284 g/mol. The van der Waals surface area contributed by atoms with E-state index in [9.17, 15) is 4.79 Å². The van der Waals surface area contributed by atoms with E-state index >= 15 is 0 Å². The molecule has 0 saturated carbocycles. The molecule has 2 heterocycles. The van der Waals surface area contributed by atoms with Gasteiger partial charge in [0.1, 0.15) is 5.60 Å². The smallest absolute Gasteiger partial charge is 0.407 e. The summed E-state index contributed by atoms with van der Waals surface area (Å²) >= 11 is 0. The number of ether oxygens (including phenoxy) is 2. The Morgan fingerprint density at radius 2 is 1.95 bits per heavy atom. The van der Waals surface area contributed by atoms with E-state index in [-0.39, 0.29) is 18.2 Å². The number of rotatable bonds is 2. The quantitative estimate of drug-likeness (QED) is 0.815. The van der Waals surface area contributed by atoms with E-state index in [1.807, 2.05) is 20.8 Å². The first-order chi connectivity index (χ1) is 9.46. The van der Waals surface area contributed by atoms with E-state index in [1.54, 1.807) is 0 Å². The minimum atomic E-state index is -0.455. The van der Waals surface area contributed by atoms with Gasteiger partial charge in [-0.2, -0.15) is 0 Å². The number of amides is 1. The van der Waals surface area contributed by atoms with Crippen LogP contribution < -0.4 is 10.6 Å². The van der Waals surface area contributed by atoms with Gasteiger partial charge in [0, 0.05) is 6.61 Å². The summed E-state index contributed by atoms with van der Waals surface area (Å²) in [6.45, 7) is 8.55. The summed E-state index contributed by atoms with van der Waals surface area (Å²) in [4.78, 5) is 12.0. The summed E-state index contributed by atoms with van der Waals surface area (Å²) in [5, 5.41) is 6.39. The van der Waals surface area contributed by atoms with Crippen molar-refractivity contribution in [1.29, 1.82) is 0 Å². The zero-order valence-corrected chi connectivity index (χ0v) is 12.9. The van der Waals surface area contributed by atoms with Gasteiger partial charge >= 0.3 is 6.09 Å². The van der Waals surface area contributed by atoms with Gasteiger partial charge in [-0.3, -0.25) is 0 Å². The summed E-state index contributed by atoms with van der Waals surface area (Å²) < 4.78 is 11.3. The third-order valence-electron chi connectivity index (χ3n) is 3.92. The van der Waals surface area contributed by atoms with Gasteiger partial charge in [0.15, 0.2) is 0 Å². The molecule has 5 heteroatoms. The zero-order chi connectivity index (χ0) is 14.6. The van der Waals surface area contributed by atoms with Crippen LogP contribution in [0.5, 0.6) is 0 Å². The molecular weight excluding hydrogens is 256 g/mol. The molecule has 0 radical (unpaired) electrons. The van der Waals surface area contributed by atoms with E-state index in [0.717, 1.165) is 45.4 Å². The van der Waals surface area contributed by atoms with Crippen LogP contribution in [0.15, 0.2) is 0 Å². The van der Waals surface area contributed by atoms with Crippen molar-refractivity contribution >= 4 is 6.09 Å². The molecule has 2 unspecified atom stereocenters. The molecule has 2 atom stereocenters. The van der Waals surface area contributed by atoms with Crippen molar-refractivity contribution in [3.05, 3.63) is 0 Å². The maximum absolute atomic E-state index is 12.0. The molecule has 2 aliphatic rings. The van der Waals surface area contributed by atoms with Crippen LogP contribution in [0.4, 0.5) is 4.79 Å². The summed E-state index contributed by atoms with van der Waals surface area (Å²) in [5.74, 6) is 0.538. The molecule has 0 bridgehead atoms. The highest BCUT2D eigenvalue weighted by atomic mass is 16.6. The lowest BCUT2D eigenvalue weighted by Crippen LogP contribution is -2.52. The van der Waals surface area contributed by atoms with Crippen molar-refractivity contribution in [2.24, 2.45) is 5.92 Å². The maximum Gasteiger partial charge on any atom is 0.407 e. The van der Waals surface area contributed by atoms with Crippen molar-refractivity contribution in [2.45, 2.75) is 64.2 Å². The molecule has 2 fully saturated rings. The van der Waals surface area contributed by atoms with Crippen LogP contribution >= 0.6 is 0 Å². The molecule has 0 aromatic rings. The molecule has 5 nitrogen and oxygen atoms in total. The summed E-state index contributed by atoms with van der Waals surface area (Å²) in [7, 11) is 0. The number of hydrogen-bond acceptors (Lipinski definition) is 4. The standard InChI is InChI=1S/C15H28N2O3/c1-15(2,3)20-14(18)17-12-5-4-10-19-13(12)11-6-8-16-9-7-11/h11-13,16H,4-10H2,1-3H3,(H,17,18). The van der Waals surface area contributed by atoms with Gasteiger partial charge in [0.2, 0.25) is 0 Å². The third kappa shape index (κ3) is 4.63. The number of piperidine rings is 1. The number of nitrogens with one attached hydrogen (secondary N) is 2. The molecular formula is C15H28N2O3. The van der Waals surface area contributed by atoms with Crippen LogP contribution in [-0.4, -0.2) is 43.5 Å². The molecule has 0 spiro atoms. The molecule has 0 aromatic heterocycles. The molecule has 2 rings (SSSR count). The predicted octanol–water partition coefficient (Wildman–Crippen LogP) is 2.06. The zero-order valence-electron chi connectivity index (χ0n) is 12.9. The minimum Gasteiger partial charge on any atom is -0.444 e. The van der Waals surface area contributed by atoms with Crippen molar-refractivity contribution in [3.63, 3.8) is 0 Å². The fourth-order valence-corrected chi connectivity index (χ4v) is 3.05. The molecule has 0 aliphatic carbocycles. The lowest BCUT2D eigenvalue weighted by molar-refractivity contribution is -0.0523. The van der Waals surface area contributed by atoms with Crippen molar-refractivity contribution in [3.8, 4) is 0 Å². The first-order valence-corrected chi connectivity index (χ1v) is 7.77. The Hall–Kier alpha value is -0.810. The molecule has 2 N–H and O–H groups in total. The summed E-state index contributed by atoms with van der Waals surface area (Å²) in [6.07, 6.45) is 4.04. The van der Waals surface area contributed by atoms with Gasteiger partial charge in [0.25, 0.3) is 0 Å². The third-order valence-corrected chi connectivity index (χ3v) is 3.92. The molecule has 1 amide bonds. The van der Waals surface area contributed by atoms with Gasteiger partial charge in [0.05, 0.1) is 12.1 Å². The summed E-state index contributed by atoms with van der Waals surface area (Å²) in [5.41, 5.74) is -0.455. The minimum absolute atomic E-state index is 0.0849. The molecule has 116 valence electrons. The highest BCUT2D eigenvalue weighted by Crippen LogP contribution is 2.27. The average molecular weight is 284 g/mol. The highest BCUT2D eigenvalue weighted by molar-refractivity contribution is 5.68. The van der Waals surface area contributed by atoms with Crippen LogP contribution in [0, 0.1) is 5.92 Å². The molecule has 2 saturated heterocycles. The van der Waals surface area contributed by atoms with E-state index in [2.05, 4.69) is 10.6 Å². The highest BCUT2D eigenvalue weighted by Gasteiger charge is 2.35. The first kappa shape index (κ1) is 15.6. The number of hydrogen-bond donors (Lipinski definition) is 2. The second-order valence-electron chi connectivity index (χ2n) is 6.82. The Labute approximate surface area is 121 Å². The molecule has 0 aromatic carbocycles. The van der Waals surface area contributed by atoms with Gasteiger partial charge in [-0.05, 0) is 65.5 Å². The van der Waals surface area contributed by atoms with E-state index in [0.29, 0.717) is 5.92 Å². The number of carbonyl (C=O) groups excluding carboxylic acids is 1. The fourth-order valence-electron chi connectivity index (χ4n) is 3.05. The Bertz CT molecular complexity index is 322. The SMILES string of the molecule is CC(C)(C)OC(=O)NC1CCCOC1C1CCNCC1. The average Bonchev–Trinajstić information content (AvgIpc) is 2.38. The number of alkyl carbamates (subject to hydrolysis) is 1. The first-order valence-electron chi connectivity index (χ1n) is 7.77. The van der Waals surface area contributed by atoms with Gasteiger partial charge in [-0.15, -0.1) is 0 Å². The van der Waals surface area contributed by atoms with E-state index in [4.69, 9.17) is 9.47 Å². The Balaban J connectivity index is 1.91. The van der Waals surface area contributed by atoms with Gasteiger partial charge in [-0.1, -0.05) is 0 Å². The van der Waals surface area contributed by atoms with E-state index in [1.165, 1.54) is 0 Å². The van der Waals surface area contributed by atoms with Crippen molar-refractivity contribution < 1.29 is 14.3 Å². The Kier molecular flexibility index (Phi) is 5.27. The van der Waals surface area contributed by atoms with Crippen LogP contribution in [0.2, 0.25) is 0 Å². The normalized spacial score (nSPS) is 28.9. The van der Waals surface area contributed by atoms with Crippen LogP contribution in [0.3, 0.4) is 0 Å².